The van der Waals surface area contributed by atoms with Crippen LogP contribution in [-0.4, -0.2) is 49.5 Å². The summed E-state index contributed by atoms with van der Waals surface area (Å²) in [6, 6.07) is 34.3. The van der Waals surface area contributed by atoms with Gasteiger partial charge in [-0.05, 0) is 127 Å². The largest absolute Gasteiger partial charge is 0.416 e. The Bertz CT molecular complexity index is 2790. The van der Waals surface area contributed by atoms with E-state index < -0.39 is 6.09 Å². The summed E-state index contributed by atoms with van der Waals surface area (Å²) < 4.78 is 7.29. The van der Waals surface area contributed by atoms with Gasteiger partial charge < -0.3 is 20.3 Å². The van der Waals surface area contributed by atoms with Crippen LogP contribution in [-0.2, 0) is 15.6 Å². The van der Waals surface area contributed by atoms with Crippen molar-refractivity contribution < 1.29 is 18.9 Å². The molecule has 0 radical (unpaired) electrons. The Balaban J connectivity index is 1.10. The average molecular weight is 842 g/mol. The van der Waals surface area contributed by atoms with E-state index in [0.29, 0.717) is 30.8 Å². The summed E-state index contributed by atoms with van der Waals surface area (Å²) in [5.74, 6) is 0.181. The number of nitrogens with one attached hydrogen (secondary N) is 2. The highest BCUT2D eigenvalue weighted by Crippen LogP contribution is 2.51. The second-order valence-electron chi connectivity index (χ2n) is 17.7. The van der Waals surface area contributed by atoms with Gasteiger partial charge in [0.15, 0.2) is 5.71 Å². The number of carbonyl (C=O) groups excluding carboxylic acids is 2. The lowest BCUT2D eigenvalue weighted by molar-refractivity contribution is -0.401. The minimum absolute atomic E-state index is 0.148. The number of fused-ring (bicyclic) bond motifs is 6. The molecule has 8 heteroatoms. The van der Waals surface area contributed by atoms with Crippen LogP contribution in [0.1, 0.15) is 81.8 Å². The number of ether oxygens (including phenoxy) is 1. The molecule has 0 saturated heterocycles. The van der Waals surface area contributed by atoms with Crippen LogP contribution < -0.4 is 15.5 Å². The third-order valence-corrected chi connectivity index (χ3v) is 13.9. The first kappa shape index (κ1) is 42.6. The Labute approximate surface area is 370 Å². The molecule has 0 atom stereocenters. The predicted molar refractivity (Wildman–Crippen MR) is 258 cm³/mol. The van der Waals surface area contributed by atoms with Gasteiger partial charge in [-0.25, -0.2) is 4.79 Å². The number of hydrogen-bond donors (Lipinski definition) is 2. The van der Waals surface area contributed by atoms with Gasteiger partial charge in [0.1, 0.15) is 7.05 Å². The summed E-state index contributed by atoms with van der Waals surface area (Å²) in [6.07, 6.45) is 12.5. The summed E-state index contributed by atoms with van der Waals surface area (Å²) in [6.45, 7) is 15.4. The van der Waals surface area contributed by atoms with Crippen LogP contribution in [0.2, 0.25) is 0 Å². The molecule has 2 heterocycles. The lowest BCUT2D eigenvalue weighted by atomic mass is 9.78. The first-order valence-corrected chi connectivity index (χ1v) is 22.5. The number of benzene rings is 5. The molecule has 1 aliphatic carbocycles. The van der Waals surface area contributed by atoms with Gasteiger partial charge in [-0.2, -0.15) is 4.58 Å². The number of nitrogens with zero attached hydrogens (tertiary/aromatic N) is 2. The monoisotopic (exact) mass is 841 g/mol. The summed E-state index contributed by atoms with van der Waals surface area (Å²) in [4.78, 5) is 29.5. The van der Waals surface area contributed by atoms with Gasteiger partial charge in [-0.15, -0.1) is 0 Å². The standard InChI is InChI=1S/C54H56N4O3S/c1-35(2)61-52(60)56-34-14-33-55-51(59)40-21-27-41(28-22-40)62-50-38(25-31-46-53(3,4)48-42-19-11-9-15-36(42)23-29-44(48)57(46)7)17-13-18-39(50)26-32-47-54(5,6)49-43-20-12-10-16-37(43)24-30-45(49)58(47)8/h9-12,15-16,19-32H,1,13-14,17-18,33-34H2,2-8H3,(H-,55,56,59,60)/p+1. The van der Waals surface area contributed by atoms with Crippen LogP contribution in [0.5, 0.6) is 0 Å². The van der Waals surface area contributed by atoms with E-state index in [1.165, 1.54) is 71.5 Å². The maximum absolute atomic E-state index is 13.1. The van der Waals surface area contributed by atoms with Crippen molar-refractivity contribution in [3.8, 4) is 0 Å². The minimum Gasteiger partial charge on any atom is -0.416 e. The molecule has 2 N–H and O–H groups in total. The van der Waals surface area contributed by atoms with E-state index in [2.05, 4.69) is 166 Å². The number of allylic oxidation sites excluding steroid dienone is 8. The SMILES string of the molecule is C=C(C)OC(=O)NCCCNC(=O)c1ccc(SC2=C(/C=C/C3=[N+](C)c4ccc5ccccc5c4C3(C)C)CCC/C2=C\C=C2/N(C)c3ccc4ccccc4c3C2(C)C)cc1. The first-order chi connectivity index (χ1) is 29.8. The third kappa shape index (κ3) is 8.16. The molecule has 0 aromatic heterocycles. The highest BCUT2D eigenvalue weighted by atomic mass is 32.2. The van der Waals surface area contributed by atoms with Crippen LogP contribution in [0.25, 0.3) is 21.5 Å². The molecule has 0 fully saturated rings. The third-order valence-electron chi connectivity index (χ3n) is 12.7. The van der Waals surface area contributed by atoms with Crippen molar-refractivity contribution >= 4 is 62.4 Å². The van der Waals surface area contributed by atoms with E-state index >= 15 is 0 Å². The van der Waals surface area contributed by atoms with Crippen molar-refractivity contribution in [3.05, 3.63) is 172 Å². The molecule has 5 aromatic carbocycles. The van der Waals surface area contributed by atoms with E-state index in [1.807, 2.05) is 24.3 Å². The molecule has 8 rings (SSSR count). The fourth-order valence-electron chi connectivity index (χ4n) is 9.67. The van der Waals surface area contributed by atoms with Crippen molar-refractivity contribution in [3.63, 3.8) is 0 Å². The van der Waals surface area contributed by atoms with Gasteiger partial charge in [0.25, 0.3) is 5.91 Å². The van der Waals surface area contributed by atoms with Gasteiger partial charge in [0.2, 0.25) is 5.69 Å². The van der Waals surface area contributed by atoms with Crippen molar-refractivity contribution in [1.82, 2.24) is 10.6 Å². The van der Waals surface area contributed by atoms with Crippen LogP contribution in [0.3, 0.4) is 0 Å². The van der Waals surface area contributed by atoms with E-state index in [-0.39, 0.29) is 16.7 Å². The summed E-state index contributed by atoms with van der Waals surface area (Å²) >= 11 is 1.78. The minimum atomic E-state index is -0.542. The van der Waals surface area contributed by atoms with E-state index in [1.54, 1.807) is 18.7 Å². The molecule has 3 aliphatic rings. The molecule has 0 bridgehead atoms. The van der Waals surface area contributed by atoms with Crippen molar-refractivity contribution in [2.75, 3.05) is 32.1 Å². The predicted octanol–water partition coefficient (Wildman–Crippen LogP) is 12.4. The summed E-state index contributed by atoms with van der Waals surface area (Å²) in [7, 11) is 4.39. The zero-order valence-corrected chi connectivity index (χ0v) is 37.8. The van der Waals surface area contributed by atoms with Gasteiger partial charge in [0, 0.05) is 70.0 Å². The Morgan fingerprint density at radius 2 is 1.47 bits per heavy atom. The number of rotatable bonds is 11. The first-order valence-electron chi connectivity index (χ1n) is 21.7. The quantitative estimate of drug-likeness (QED) is 0.0787. The normalized spacial score (nSPS) is 18.0. The Morgan fingerprint density at radius 1 is 0.806 bits per heavy atom. The fraction of sp³-hybridized carbons (Fsp3) is 0.278. The molecule has 62 heavy (non-hydrogen) atoms. The zero-order chi connectivity index (χ0) is 43.8. The molecule has 0 saturated carbocycles. The number of carbonyl (C=O) groups is 2. The van der Waals surface area contributed by atoms with E-state index in [9.17, 15) is 9.59 Å². The number of likely N-dealkylation sites (N-methyl/N-ethyl adjacent to an activating group) is 1. The molecular formula is C54H57N4O3S+. The number of amides is 2. The van der Waals surface area contributed by atoms with Crippen molar-refractivity contribution in [2.24, 2.45) is 0 Å². The van der Waals surface area contributed by atoms with Crippen LogP contribution in [0.15, 0.2) is 160 Å². The molecule has 316 valence electrons. The average Bonchev–Trinajstić information content (AvgIpc) is 3.58. The summed E-state index contributed by atoms with van der Waals surface area (Å²) in [5.41, 5.74) is 10.7. The smallest absolute Gasteiger partial charge is 0.412 e. The molecule has 0 spiro atoms. The number of anilines is 1. The topological polar surface area (TPSA) is 73.7 Å². The number of hydrogen-bond acceptors (Lipinski definition) is 5. The molecule has 2 amide bonds. The van der Waals surface area contributed by atoms with Crippen LogP contribution in [0, 0.1) is 0 Å². The van der Waals surface area contributed by atoms with Crippen LogP contribution in [0.4, 0.5) is 16.2 Å². The fourth-order valence-corrected chi connectivity index (χ4v) is 10.8. The Morgan fingerprint density at radius 3 is 2.18 bits per heavy atom. The van der Waals surface area contributed by atoms with Crippen molar-refractivity contribution in [2.45, 2.75) is 76.0 Å². The lowest BCUT2D eigenvalue weighted by Crippen LogP contribution is -2.30. The molecule has 2 aliphatic heterocycles. The van der Waals surface area contributed by atoms with E-state index in [0.717, 1.165) is 24.2 Å². The van der Waals surface area contributed by atoms with Gasteiger partial charge in [-0.3, -0.25) is 4.79 Å². The lowest BCUT2D eigenvalue weighted by Gasteiger charge is -2.25. The Kier molecular flexibility index (Phi) is 11.9. The highest BCUT2D eigenvalue weighted by molar-refractivity contribution is 8.03. The van der Waals surface area contributed by atoms with Crippen LogP contribution >= 0.6 is 11.8 Å². The van der Waals surface area contributed by atoms with Gasteiger partial charge >= 0.3 is 6.09 Å². The maximum atomic E-state index is 13.1. The molecular weight excluding hydrogens is 785 g/mol. The highest BCUT2D eigenvalue weighted by Gasteiger charge is 2.44. The number of alkyl carbamates (subject to hydrolysis) is 1. The van der Waals surface area contributed by atoms with Gasteiger partial charge in [0.05, 0.1) is 11.2 Å². The number of thioether (sulfide) groups is 1. The van der Waals surface area contributed by atoms with Gasteiger partial charge in [-0.1, -0.05) is 98.9 Å². The molecule has 7 nitrogen and oxygen atoms in total. The maximum Gasteiger partial charge on any atom is 0.412 e. The zero-order valence-electron chi connectivity index (χ0n) is 37.0. The van der Waals surface area contributed by atoms with E-state index in [4.69, 9.17) is 4.74 Å². The second kappa shape index (κ2) is 17.3. The van der Waals surface area contributed by atoms with Crippen molar-refractivity contribution in [1.29, 1.82) is 0 Å². The Hall–Kier alpha value is -6.12. The molecule has 0 unspecified atom stereocenters. The molecule has 5 aromatic rings. The summed E-state index contributed by atoms with van der Waals surface area (Å²) in [5, 5.41) is 10.8. The second-order valence-corrected chi connectivity index (χ2v) is 18.7.